The molecule has 4 rings (SSSR count). The number of nitrogens with zero attached hydrogens (tertiary/aromatic N) is 3. The van der Waals surface area contributed by atoms with Crippen molar-refractivity contribution in [3.8, 4) is 17.0 Å². The molecule has 3 aromatic carbocycles. The number of para-hydroxylation sites is 2. The van der Waals surface area contributed by atoms with Gasteiger partial charge in [-0.2, -0.15) is 13.2 Å². The molecule has 11 heteroatoms. The highest BCUT2D eigenvalue weighted by molar-refractivity contribution is 7.14. The van der Waals surface area contributed by atoms with E-state index in [2.05, 4.69) is 4.98 Å². The van der Waals surface area contributed by atoms with Crippen LogP contribution in [0.15, 0.2) is 78.2 Å². The van der Waals surface area contributed by atoms with Crippen LogP contribution >= 0.6 is 11.3 Å². The van der Waals surface area contributed by atoms with Gasteiger partial charge in [-0.25, -0.2) is 9.88 Å². The predicted molar refractivity (Wildman–Crippen MR) is 125 cm³/mol. The van der Waals surface area contributed by atoms with E-state index in [1.165, 1.54) is 48.4 Å². The minimum atomic E-state index is -4.62. The molecule has 0 aliphatic heterocycles. The zero-order chi connectivity index (χ0) is 25.2. The number of thiazole rings is 1. The molecule has 0 spiro atoms. The topological polar surface area (TPSA) is 85.6 Å². The van der Waals surface area contributed by atoms with E-state index >= 15 is 0 Å². The van der Waals surface area contributed by atoms with E-state index in [1.807, 2.05) is 0 Å². The van der Waals surface area contributed by atoms with Gasteiger partial charge in [0, 0.05) is 28.6 Å². The molecule has 0 atom stereocenters. The summed E-state index contributed by atoms with van der Waals surface area (Å²) in [6, 6.07) is 16.4. The van der Waals surface area contributed by atoms with E-state index in [1.54, 1.807) is 29.6 Å². The molecule has 7 nitrogen and oxygen atoms in total. The second-order valence-corrected chi connectivity index (χ2v) is 8.05. The van der Waals surface area contributed by atoms with Gasteiger partial charge < -0.3 is 4.74 Å². The number of aromatic nitrogens is 1. The minimum Gasteiger partial charge on any atom is -0.495 e. The maximum atomic E-state index is 13.6. The molecule has 0 bridgehead atoms. The molecule has 0 radical (unpaired) electrons. The molecule has 0 aliphatic rings. The van der Waals surface area contributed by atoms with Crippen molar-refractivity contribution in [2.45, 2.75) is 6.18 Å². The number of halogens is 3. The summed E-state index contributed by atoms with van der Waals surface area (Å²) in [7, 11) is 1.41. The van der Waals surface area contributed by atoms with Crippen LogP contribution in [-0.2, 0) is 6.18 Å². The highest BCUT2D eigenvalue weighted by Gasteiger charge is 2.32. The molecule has 0 saturated heterocycles. The SMILES string of the molecule is COc1ccccc1N(C(=O)c1cccc(C(F)(F)F)c1)c1nc(-c2ccc([N+](=O)[O-])cc2)cs1. The Hall–Kier alpha value is -4.25. The van der Waals surface area contributed by atoms with E-state index in [9.17, 15) is 28.1 Å². The molecule has 1 heterocycles. The number of ether oxygens (including phenoxy) is 1. The molecule has 1 amide bonds. The van der Waals surface area contributed by atoms with Crippen molar-refractivity contribution in [1.82, 2.24) is 4.98 Å². The number of carbonyl (C=O) groups is 1. The van der Waals surface area contributed by atoms with E-state index in [0.29, 0.717) is 22.7 Å². The number of nitro benzene ring substituents is 1. The molecular formula is C24H16F3N3O4S. The number of non-ortho nitro benzene ring substituents is 1. The van der Waals surface area contributed by atoms with Crippen LogP contribution in [0.1, 0.15) is 15.9 Å². The first-order chi connectivity index (χ1) is 16.7. The monoisotopic (exact) mass is 499 g/mol. The fourth-order valence-corrected chi connectivity index (χ4v) is 4.17. The van der Waals surface area contributed by atoms with Crippen LogP contribution in [-0.4, -0.2) is 22.9 Å². The third-order valence-corrected chi connectivity index (χ3v) is 5.85. The van der Waals surface area contributed by atoms with Crippen molar-refractivity contribution in [2.24, 2.45) is 0 Å². The molecule has 178 valence electrons. The number of alkyl halides is 3. The van der Waals surface area contributed by atoms with Gasteiger partial charge in [0.25, 0.3) is 11.6 Å². The average Bonchev–Trinajstić information content (AvgIpc) is 3.34. The normalized spacial score (nSPS) is 11.2. The summed E-state index contributed by atoms with van der Waals surface area (Å²) in [4.78, 5) is 29.6. The van der Waals surface area contributed by atoms with Gasteiger partial charge in [-0.1, -0.05) is 18.2 Å². The number of methoxy groups -OCH3 is 1. The van der Waals surface area contributed by atoms with Crippen LogP contribution < -0.4 is 9.64 Å². The molecule has 4 aromatic rings. The fraction of sp³-hybridized carbons (Fsp3) is 0.0833. The van der Waals surface area contributed by atoms with E-state index in [4.69, 9.17) is 4.74 Å². The Kier molecular flexibility index (Phi) is 6.52. The molecule has 35 heavy (non-hydrogen) atoms. The lowest BCUT2D eigenvalue weighted by Gasteiger charge is -2.22. The van der Waals surface area contributed by atoms with E-state index in [0.717, 1.165) is 23.5 Å². The highest BCUT2D eigenvalue weighted by atomic mass is 32.1. The Morgan fingerprint density at radius 3 is 2.43 bits per heavy atom. The standard InChI is InChI=1S/C24H16F3N3O4S/c1-34-21-8-3-2-7-20(21)29(22(31)16-5-4-6-17(13-16)24(25,26)27)23-28-19(14-35-23)15-9-11-18(12-10-15)30(32)33/h2-14H,1H3. The number of rotatable bonds is 6. The Morgan fingerprint density at radius 2 is 1.77 bits per heavy atom. The Balaban J connectivity index is 1.80. The Morgan fingerprint density at radius 1 is 1.06 bits per heavy atom. The summed E-state index contributed by atoms with van der Waals surface area (Å²) in [5.41, 5.74) is 0.0923. The largest absolute Gasteiger partial charge is 0.495 e. The molecule has 0 aliphatic carbocycles. The third kappa shape index (κ3) is 4.99. The van der Waals surface area contributed by atoms with Crippen LogP contribution in [0, 0.1) is 10.1 Å². The second-order valence-electron chi connectivity index (χ2n) is 7.21. The van der Waals surface area contributed by atoms with Gasteiger partial charge in [-0.05, 0) is 42.5 Å². The highest BCUT2D eigenvalue weighted by Crippen LogP contribution is 2.39. The number of nitro groups is 1. The van der Waals surface area contributed by atoms with Crippen molar-refractivity contribution in [3.05, 3.63) is 99.4 Å². The van der Waals surface area contributed by atoms with Crippen molar-refractivity contribution >= 4 is 33.8 Å². The smallest absolute Gasteiger partial charge is 0.416 e. The quantitative estimate of drug-likeness (QED) is 0.217. The van der Waals surface area contributed by atoms with Crippen LogP contribution in [0.2, 0.25) is 0 Å². The maximum Gasteiger partial charge on any atom is 0.416 e. The predicted octanol–water partition coefficient (Wildman–Crippen LogP) is 6.72. The number of amides is 1. The lowest BCUT2D eigenvalue weighted by Crippen LogP contribution is -2.26. The lowest BCUT2D eigenvalue weighted by atomic mass is 10.1. The molecule has 0 fully saturated rings. The second kappa shape index (κ2) is 9.55. The van der Waals surface area contributed by atoms with Crippen LogP contribution in [0.4, 0.5) is 29.7 Å². The molecular weight excluding hydrogens is 483 g/mol. The van der Waals surface area contributed by atoms with Gasteiger partial charge in [-0.3, -0.25) is 14.9 Å². The minimum absolute atomic E-state index is 0.0837. The van der Waals surface area contributed by atoms with Gasteiger partial charge in [0.2, 0.25) is 0 Å². The Bertz CT molecular complexity index is 1390. The number of carbonyl (C=O) groups excluding carboxylic acids is 1. The lowest BCUT2D eigenvalue weighted by molar-refractivity contribution is -0.384. The first-order valence-corrected chi connectivity index (χ1v) is 10.9. The first kappa shape index (κ1) is 23.9. The van der Waals surface area contributed by atoms with Crippen LogP contribution in [0.25, 0.3) is 11.3 Å². The van der Waals surface area contributed by atoms with Gasteiger partial charge in [0.05, 0.1) is 29.0 Å². The van der Waals surface area contributed by atoms with Gasteiger partial charge >= 0.3 is 6.18 Å². The first-order valence-electron chi connectivity index (χ1n) is 10.0. The third-order valence-electron chi connectivity index (χ3n) is 5.02. The van der Waals surface area contributed by atoms with Gasteiger partial charge in [-0.15, -0.1) is 11.3 Å². The van der Waals surface area contributed by atoms with Crippen molar-refractivity contribution < 1.29 is 27.6 Å². The summed E-state index contributed by atoms with van der Waals surface area (Å²) >= 11 is 1.09. The number of hydrogen-bond donors (Lipinski definition) is 0. The Labute approximate surface area is 201 Å². The summed E-state index contributed by atoms with van der Waals surface area (Å²) in [6.45, 7) is 0. The summed E-state index contributed by atoms with van der Waals surface area (Å²) in [5, 5.41) is 12.8. The van der Waals surface area contributed by atoms with Crippen LogP contribution in [0.5, 0.6) is 5.75 Å². The fourth-order valence-electron chi connectivity index (χ4n) is 3.32. The average molecular weight is 499 g/mol. The summed E-state index contributed by atoms with van der Waals surface area (Å²) in [5.74, 6) is -0.412. The van der Waals surface area contributed by atoms with Crippen LogP contribution in [0.3, 0.4) is 0 Å². The molecule has 0 unspecified atom stereocenters. The molecule has 0 saturated carbocycles. The summed E-state index contributed by atoms with van der Waals surface area (Å²) < 4.78 is 45.2. The zero-order valence-corrected chi connectivity index (χ0v) is 18.8. The molecule has 0 N–H and O–H groups in total. The number of hydrogen-bond acceptors (Lipinski definition) is 6. The van der Waals surface area contributed by atoms with Crippen molar-refractivity contribution in [1.29, 1.82) is 0 Å². The zero-order valence-electron chi connectivity index (χ0n) is 18.0. The maximum absolute atomic E-state index is 13.6. The van der Waals surface area contributed by atoms with E-state index < -0.39 is 22.6 Å². The van der Waals surface area contributed by atoms with Crippen molar-refractivity contribution in [3.63, 3.8) is 0 Å². The van der Waals surface area contributed by atoms with Crippen molar-refractivity contribution in [2.75, 3.05) is 12.0 Å². The van der Waals surface area contributed by atoms with Gasteiger partial charge in [0.15, 0.2) is 5.13 Å². The molecule has 1 aromatic heterocycles. The van der Waals surface area contributed by atoms with E-state index in [-0.39, 0.29) is 16.4 Å². The number of anilines is 2. The number of benzene rings is 3. The summed E-state index contributed by atoms with van der Waals surface area (Å²) in [6.07, 6.45) is -4.62. The van der Waals surface area contributed by atoms with Gasteiger partial charge in [0.1, 0.15) is 5.75 Å².